The first-order valence-corrected chi connectivity index (χ1v) is 5.18. The number of benzene rings is 1. The summed E-state index contributed by atoms with van der Waals surface area (Å²) >= 11 is 5.75. The molecule has 0 unspecified atom stereocenters. The lowest BCUT2D eigenvalue weighted by Gasteiger charge is -2.26. The van der Waals surface area contributed by atoms with Crippen molar-refractivity contribution in [3.8, 4) is 0 Å². The van der Waals surface area contributed by atoms with Crippen LogP contribution in [0.3, 0.4) is 0 Å². The van der Waals surface area contributed by atoms with Gasteiger partial charge in [0.05, 0.1) is 18.8 Å². The van der Waals surface area contributed by atoms with Crippen LogP contribution in [-0.2, 0) is 0 Å². The van der Waals surface area contributed by atoms with Crippen LogP contribution in [0.2, 0.25) is 5.02 Å². The van der Waals surface area contributed by atoms with Crippen molar-refractivity contribution in [1.29, 1.82) is 0 Å². The molecule has 0 aromatic heterocycles. The number of aliphatic hydroxyl groups excluding tert-OH is 2. The minimum absolute atomic E-state index is 0.337. The van der Waals surface area contributed by atoms with E-state index in [1.165, 1.54) is 6.07 Å². The van der Waals surface area contributed by atoms with Crippen LogP contribution in [0.4, 0.5) is 0 Å². The van der Waals surface area contributed by atoms with Crippen LogP contribution in [0.25, 0.3) is 0 Å². The lowest BCUT2D eigenvalue weighted by molar-refractivity contribution is 0.0724. The van der Waals surface area contributed by atoms with Crippen molar-refractivity contribution in [2.75, 3.05) is 13.2 Å². The van der Waals surface area contributed by atoms with E-state index >= 15 is 0 Å². The second kappa shape index (κ2) is 5.30. The van der Waals surface area contributed by atoms with Gasteiger partial charge in [-0.1, -0.05) is 17.7 Å². The van der Waals surface area contributed by atoms with Crippen molar-refractivity contribution in [3.63, 3.8) is 0 Å². The summed E-state index contributed by atoms with van der Waals surface area (Å²) in [5.41, 5.74) is -0.639. The molecule has 0 radical (unpaired) electrons. The molecule has 0 atom stereocenters. The minimum atomic E-state index is -1.03. The fourth-order valence-corrected chi connectivity index (χ4v) is 1.30. The number of aliphatic hydroxyl groups is 2. The highest BCUT2D eigenvalue weighted by Crippen LogP contribution is 2.11. The van der Waals surface area contributed by atoms with Crippen molar-refractivity contribution in [3.05, 3.63) is 34.9 Å². The predicted molar refractivity (Wildman–Crippen MR) is 61.5 cm³/mol. The van der Waals surface area contributed by atoms with Crippen LogP contribution in [-0.4, -0.2) is 34.9 Å². The smallest absolute Gasteiger partial charge is 0.251 e. The Hall–Kier alpha value is -1.10. The van der Waals surface area contributed by atoms with E-state index in [9.17, 15) is 4.79 Å². The van der Waals surface area contributed by atoms with Gasteiger partial charge in [0.15, 0.2) is 0 Å². The topological polar surface area (TPSA) is 69.6 Å². The quantitative estimate of drug-likeness (QED) is 0.733. The number of carbonyl (C=O) groups excluding carboxylic acids is 1. The summed E-state index contributed by atoms with van der Waals surface area (Å²) in [6.07, 6.45) is 0. The largest absolute Gasteiger partial charge is 0.394 e. The average Bonchev–Trinajstić information content (AvgIpc) is 2.29. The van der Waals surface area contributed by atoms with Gasteiger partial charge in [0, 0.05) is 10.6 Å². The van der Waals surface area contributed by atoms with Crippen molar-refractivity contribution < 1.29 is 15.0 Å². The lowest BCUT2D eigenvalue weighted by atomic mass is 10.0. The second-order valence-corrected chi connectivity index (χ2v) is 4.28. The Labute approximate surface area is 98.9 Å². The monoisotopic (exact) mass is 243 g/mol. The number of halogens is 1. The van der Waals surface area contributed by atoms with E-state index in [-0.39, 0.29) is 19.1 Å². The molecule has 0 saturated heterocycles. The van der Waals surface area contributed by atoms with E-state index < -0.39 is 5.54 Å². The lowest BCUT2D eigenvalue weighted by Crippen LogP contribution is -2.51. The summed E-state index contributed by atoms with van der Waals surface area (Å²) in [5, 5.41) is 21.1. The summed E-state index contributed by atoms with van der Waals surface area (Å²) in [6.45, 7) is 0.876. The Balaban J connectivity index is 2.80. The van der Waals surface area contributed by atoms with Gasteiger partial charge in [-0.05, 0) is 25.1 Å². The number of hydrogen-bond donors (Lipinski definition) is 3. The van der Waals surface area contributed by atoms with Crippen molar-refractivity contribution in [2.45, 2.75) is 12.5 Å². The van der Waals surface area contributed by atoms with Crippen molar-refractivity contribution in [2.24, 2.45) is 0 Å². The number of nitrogens with one attached hydrogen (secondary N) is 1. The molecular weight excluding hydrogens is 230 g/mol. The van der Waals surface area contributed by atoms with Crippen LogP contribution in [0, 0.1) is 0 Å². The first kappa shape index (κ1) is 13.0. The number of rotatable bonds is 4. The fourth-order valence-electron chi connectivity index (χ4n) is 1.11. The maximum Gasteiger partial charge on any atom is 0.251 e. The standard InChI is InChI=1S/C11H14ClNO3/c1-11(6-14,7-15)13-10(16)8-3-2-4-9(12)5-8/h2-5,14-15H,6-7H2,1H3,(H,13,16). The Bertz CT molecular complexity index is 377. The molecule has 0 bridgehead atoms. The second-order valence-electron chi connectivity index (χ2n) is 3.84. The van der Waals surface area contributed by atoms with E-state index in [0.29, 0.717) is 10.6 Å². The first-order chi connectivity index (χ1) is 7.50. The van der Waals surface area contributed by atoms with Gasteiger partial charge in [0.2, 0.25) is 0 Å². The number of amides is 1. The molecule has 0 aliphatic heterocycles. The molecule has 0 fully saturated rings. The van der Waals surface area contributed by atoms with Crippen LogP contribution in [0.1, 0.15) is 17.3 Å². The van der Waals surface area contributed by atoms with E-state index in [1.54, 1.807) is 25.1 Å². The Morgan fingerprint density at radius 2 is 2.06 bits per heavy atom. The molecule has 0 spiro atoms. The van der Waals surface area contributed by atoms with Crippen LogP contribution < -0.4 is 5.32 Å². The van der Waals surface area contributed by atoms with Crippen LogP contribution in [0.5, 0.6) is 0 Å². The maximum atomic E-state index is 11.7. The molecular formula is C11H14ClNO3. The molecule has 0 aliphatic rings. The van der Waals surface area contributed by atoms with Crippen molar-refractivity contribution >= 4 is 17.5 Å². The van der Waals surface area contributed by atoms with E-state index in [1.807, 2.05) is 0 Å². The maximum absolute atomic E-state index is 11.7. The van der Waals surface area contributed by atoms with Gasteiger partial charge in [0.25, 0.3) is 5.91 Å². The van der Waals surface area contributed by atoms with Crippen LogP contribution in [0.15, 0.2) is 24.3 Å². The molecule has 0 saturated carbocycles. The van der Waals surface area contributed by atoms with Gasteiger partial charge < -0.3 is 15.5 Å². The third kappa shape index (κ3) is 3.20. The van der Waals surface area contributed by atoms with Crippen molar-refractivity contribution in [1.82, 2.24) is 5.32 Å². The molecule has 0 aliphatic carbocycles. The molecule has 1 amide bonds. The third-order valence-corrected chi connectivity index (χ3v) is 2.44. The van der Waals surface area contributed by atoms with Gasteiger partial charge in [0.1, 0.15) is 0 Å². The summed E-state index contributed by atoms with van der Waals surface area (Å²) in [7, 11) is 0. The summed E-state index contributed by atoms with van der Waals surface area (Å²) in [6, 6.07) is 6.45. The molecule has 16 heavy (non-hydrogen) atoms. The summed E-state index contributed by atoms with van der Waals surface area (Å²) in [5.74, 6) is -0.381. The number of carbonyl (C=O) groups is 1. The molecule has 1 rings (SSSR count). The molecule has 0 heterocycles. The molecule has 88 valence electrons. The highest BCUT2D eigenvalue weighted by Gasteiger charge is 2.25. The Kier molecular flexibility index (Phi) is 4.29. The van der Waals surface area contributed by atoms with Gasteiger partial charge in [-0.2, -0.15) is 0 Å². The zero-order chi connectivity index (χ0) is 12.2. The number of hydrogen-bond acceptors (Lipinski definition) is 3. The van der Waals surface area contributed by atoms with Gasteiger partial charge in [-0.3, -0.25) is 4.79 Å². The summed E-state index contributed by atoms with van der Waals surface area (Å²) in [4.78, 5) is 11.7. The van der Waals surface area contributed by atoms with Crippen LogP contribution >= 0.6 is 11.6 Å². The van der Waals surface area contributed by atoms with E-state index in [2.05, 4.69) is 5.32 Å². The first-order valence-electron chi connectivity index (χ1n) is 4.80. The SMILES string of the molecule is CC(CO)(CO)NC(=O)c1cccc(Cl)c1. The fraction of sp³-hybridized carbons (Fsp3) is 0.364. The minimum Gasteiger partial charge on any atom is -0.394 e. The normalized spacial score (nSPS) is 11.2. The van der Waals surface area contributed by atoms with Gasteiger partial charge in [-0.15, -0.1) is 0 Å². The van der Waals surface area contributed by atoms with E-state index in [4.69, 9.17) is 21.8 Å². The molecule has 1 aromatic rings. The summed E-state index contributed by atoms with van der Waals surface area (Å²) < 4.78 is 0. The van der Waals surface area contributed by atoms with Gasteiger partial charge >= 0.3 is 0 Å². The van der Waals surface area contributed by atoms with E-state index in [0.717, 1.165) is 0 Å². The van der Waals surface area contributed by atoms with Gasteiger partial charge in [-0.25, -0.2) is 0 Å². The molecule has 1 aromatic carbocycles. The zero-order valence-electron chi connectivity index (χ0n) is 8.90. The highest BCUT2D eigenvalue weighted by atomic mass is 35.5. The zero-order valence-corrected chi connectivity index (χ0v) is 9.66. The highest BCUT2D eigenvalue weighted by molar-refractivity contribution is 6.30. The molecule has 3 N–H and O–H groups in total. The molecule has 4 nitrogen and oxygen atoms in total. The Morgan fingerprint density at radius 1 is 1.44 bits per heavy atom. The third-order valence-electron chi connectivity index (χ3n) is 2.20. The average molecular weight is 244 g/mol. The Morgan fingerprint density at radius 3 is 2.56 bits per heavy atom. The molecule has 5 heteroatoms. The predicted octanol–water partition coefficient (Wildman–Crippen LogP) is 0.813.